The Labute approximate surface area is 158 Å². The fourth-order valence-corrected chi connectivity index (χ4v) is 4.78. The highest BCUT2D eigenvalue weighted by atomic mass is 32.2. The molecule has 2 aromatic rings. The van der Waals surface area contributed by atoms with Crippen molar-refractivity contribution in [3.05, 3.63) is 33.7 Å². The van der Waals surface area contributed by atoms with E-state index in [4.69, 9.17) is 10.5 Å². The Morgan fingerprint density at radius 2 is 2.22 bits per heavy atom. The lowest BCUT2D eigenvalue weighted by molar-refractivity contribution is 0.0518. The molecule has 0 aliphatic carbocycles. The quantitative estimate of drug-likeness (QED) is 0.802. The van der Waals surface area contributed by atoms with Crippen molar-refractivity contribution in [2.45, 2.75) is 29.8 Å². The molecule has 1 fully saturated rings. The van der Waals surface area contributed by atoms with Gasteiger partial charge in [0.15, 0.2) is 0 Å². The number of rotatable bonds is 4. The van der Waals surface area contributed by atoms with Gasteiger partial charge >= 0.3 is 5.97 Å². The summed E-state index contributed by atoms with van der Waals surface area (Å²) in [6.45, 7) is 2.20. The van der Waals surface area contributed by atoms with Gasteiger partial charge in [-0.3, -0.25) is 4.79 Å². The number of thioether (sulfide) groups is 1. The molecule has 1 aromatic carbocycles. The highest BCUT2D eigenvalue weighted by Crippen LogP contribution is 2.47. The average molecular weight is 395 g/mol. The maximum atomic E-state index is 14.8. The van der Waals surface area contributed by atoms with Crippen molar-refractivity contribution in [2.24, 2.45) is 5.73 Å². The number of halogens is 2. The third-order valence-electron chi connectivity index (χ3n) is 4.94. The minimum Gasteiger partial charge on any atom is -0.462 e. The number of pyridine rings is 1. The number of anilines is 1. The highest BCUT2D eigenvalue weighted by molar-refractivity contribution is 8.00. The summed E-state index contributed by atoms with van der Waals surface area (Å²) in [6, 6.07) is 2.65. The van der Waals surface area contributed by atoms with Gasteiger partial charge in [-0.1, -0.05) is 11.8 Å². The second kappa shape index (κ2) is 6.79. The van der Waals surface area contributed by atoms with Gasteiger partial charge in [0, 0.05) is 24.5 Å². The summed E-state index contributed by atoms with van der Waals surface area (Å²) < 4.78 is 34.7. The van der Waals surface area contributed by atoms with Crippen molar-refractivity contribution in [1.29, 1.82) is 0 Å². The molecule has 2 aliphatic heterocycles. The van der Waals surface area contributed by atoms with E-state index in [-0.39, 0.29) is 23.6 Å². The molecule has 0 unspecified atom stereocenters. The topological polar surface area (TPSA) is 77.6 Å². The molecule has 9 heteroatoms. The van der Waals surface area contributed by atoms with Crippen LogP contribution in [0.15, 0.2) is 22.0 Å². The Morgan fingerprint density at radius 1 is 1.44 bits per heavy atom. The molecular formula is C18H19F2N3O3S. The predicted octanol–water partition coefficient (Wildman–Crippen LogP) is 2.43. The first-order chi connectivity index (χ1) is 13.0. The van der Waals surface area contributed by atoms with E-state index in [2.05, 4.69) is 0 Å². The van der Waals surface area contributed by atoms with Gasteiger partial charge in [0.25, 0.3) is 0 Å². The van der Waals surface area contributed by atoms with Crippen LogP contribution in [-0.4, -0.2) is 42.9 Å². The minimum atomic E-state index is -0.770. The number of nitrogens with two attached hydrogens (primary N) is 1. The fraction of sp³-hybridized carbons (Fsp3) is 0.444. The number of esters is 1. The van der Waals surface area contributed by atoms with Crippen LogP contribution < -0.4 is 16.1 Å². The Hall–Kier alpha value is -2.13. The normalized spacial score (nSPS) is 21.3. The number of aromatic nitrogens is 1. The molecule has 144 valence electrons. The summed E-state index contributed by atoms with van der Waals surface area (Å²) in [7, 11) is 0. The summed E-state index contributed by atoms with van der Waals surface area (Å²) in [5.41, 5.74) is 5.92. The number of hydrogen-bond acceptors (Lipinski definition) is 6. The van der Waals surface area contributed by atoms with Crippen molar-refractivity contribution < 1.29 is 18.3 Å². The Balaban J connectivity index is 1.94. The number of fused-ring (bicyclic) bond motifs is 3. The zero-order valence-electron chi connectivity index (χ0n) is 14.7. The molecule has 2 N–H and O–H groups in total. The SMILES string of the molecule is CCOC(=O)c1c2n(c3cc(N4CC[C@@H](N)C4)c(F)cc3c1=O)[C@@H](CF)S2. The van der Waals surface area contributed by atoms with Gasteiger partial charge in [0.05, 0.1) is 22.8 Å². The number of carbonyl (C=O) groups is 1. The van der Waals surface area contributed by atoms with Gasteiger partial charge in [-0.15, -0.1) is 0 Å². The minimum absolute atomic E-state index is 0.0360. The zero-order chi connectivity index (χ0) is 19.3. The van der Waals surface area contributed by atoms with Crippen LogP contribution in [0.25, 0.3) is 10.9 Å². The second-order valence-electron chi connectivity index (χ2n) is 6.64. The number of alkyl halides is 1. The molecule has 2 atom stereocenters. The van der Waals surface area contributed by atoms with E-state index in [1.807, 2.05) is 4.90 Å². The van der Waals surface area contributed by atoms with E-state index in [1.165, 1.54) is 0 Å². The highest BCUT2D eigenvalue weighted by Gasteiger charge is 2.36. The van der Waals surface area contributed by atoms with Gasteiger partial charge in [0.1, 0.15) is 23.4 Å². The second-order valence-corrected chi connectivity index (χ2v) is 7.81. The smallest absolute Gasteiger partial charge is 0.344 e. The summed E-state index contributed by atoms with van der Waals surface area (Å²) in [4.78, 5) is 26.9. The van der Waals surface area contributed by atoms with Gasteiger partial charge in [0.2, 0.25) is 5.43 Å². The van der Waals surface area contributed by atoms with Gasteiger partial charge in [-0.2, -0.15) is 0 Å². The molecule has 1 aromatic heterocycles. The predicted molar refractivity (Wildman–Crippen MR) is 99.8 cm³/mol. The third-order valence-corrected chi connectivity index (χ3v) is 6.17. The van der Waals surface area contributed by atoms with Crippen LogP contribution in [0.5, 0.6) is 0 Å². The van der Waals surface area contributed by atoms with Crippen LogP contribution in [0.1, 0.15) is 29.1 Å². The molecule has 4 rings (SSSR count). The molecule has 0 saturated carbocycles. The van der Waals surface area contributed by atoms with E-state index in [1.54, 1.807) is 17.6 Å². The number of carbonyl (C=O) groups excluding carboxylic acids is 1. The largest absolute Gasteiger partial charge is 0.462 e. The molecule has 6 nitrogen and oxygen atoms in total. The lowest BCUT2D eigenvalue weighted by Crippen LogP contribution is -2.31. The molecule has 0 spiro atoms. The maximum Gasteiger partial charge on any atom is 0.344 e. The van der Waals surface area contributed by atoms with Crippen LogP contribution in [0.2, 0.25) is 0 Å². The van der Waals surface area contributed by atoms with E-state index < -0.39 is 29.3 Å². The monoisotopic (exact) mass is 395 g/mol. The summed E-state index contributed by atoms with van der Waals surface area (Å²) >= 11 is 1.11. The average Bonchev–Trinajstić information content (AvgIpc) is 3.04. The van der Waals surface area contributed by atoms with Gasteiger partial charge in [-0.25, -0.2) is 13.6 Å². The number of hydrogen-bond donors (Lipinski definition) is 1. The van der Waals surface area contributed by atoms with Crippen molar-refractivity contribution >= 4 is 34.3 Å². The summed E-state index contributed by atoms with van der Waals surface area (Å²) in [5, 5.41) is -0.148. The van der Waals surface area contributed by atoms with E-state index in [9.17, 15) is 18.4 Å². The van der Waals surface area contributed by atoms with Crippen LogP contribution in [-0.2, 0) is 4.74 Å². The van der Waals surface area contributed by atoms with Crippen molar-refractivity contribution in [1.82, 2.24) is 4.57 Å². The molecule has 27 heavy (non-hydrogen) atoms. The van der Waals surface area contributed by atoms with Gasteiger partial charge < -0.3 is 19.9 Å². The fourth-order valence-electron chi connectivity index (χ4n) is 3.66. The Kier molecular flexibility index (Phi) is 4.59. The summed E-state index contributed by atoms with van der Waals surface area (Å²) in [5.74, 6) is -1.33. The molecule has 3 heterocycles. The first-order valence-electron chi connectivity index (χ1n) is 8.78. The van der Waals surface area contributed by atoms with Gasteiger partial charge in [-0.05, 0) is 25.5 Å². The molecule has 0 amide bonds. The van der Waals surface area contributed by atoms with E-state index in [0.29, 0.717) is 29.3 Å². The van der Waals surface area contributed by atoms with Crippen LogP contribution >= 0.6 is 11.8 Å². The van der Waals surface area contributed by atoms with Crippen LogP contribution in [0.3, 0.4) is 0 Å². The number of benzene rings is 1. The Morgan fingerprint density at radius 3 is 2.85 bits per heavy atom. The van der Waals surface area contributed by atoms with Crippen LogP contribution in [0, 0.1) is 5.82 Å². The lowest BCUT2D eigenvalue weighted by atomic mass is 10.1. The van der Waals surface area contributed by atoms with E-state index in [0.717, 1.165) is 24.2 Å². The Bertz CT molecular complexity index is 994. The third kappa shape index (κ3) is 2.80. The summed E-state index contributed by atoms with van der Waals surface area (Å²) in [6.07, 6.45) is 0.750. The first kappa shape index (κ1) is 18.2. The number of nitrogens with zero attached hydrogens (tertiary/aromatic N) is 2. The molecule has 0 bridgehead atoms. The molecular weight excluding hydrogens is 376 g/mol. The molecule has 1 saturated heterocycles. The van der Waals surface area contributed by atoms with Crippen molar-refractivity contribution in [3.8, 4) is 0 Å². The van der Waals surface area contributed by atoms with Crippen LogP contribution in [0.4, 0.5) is 14.5 Å². The zero-order valence-corrected chi connectivity index (χ0v) is 15.5. The number of ether oxygens (including phenoxy) is 1. The van der Waals surface area contributed by atoms with Crippen molar-refractivity contribution in [2.75, 3.05) is 31.3 Å². The maximum absolute atomic E-state index is 14.8. The lowest BCUT2D eigenvalue weighted by Gasteiger charge is -2.34. The first-order valence-corrected chi connectivity index (χ1v) is 9.66. The molecule has 2 aliphatic rings. The van der Waals surface area contributed by atoms with Crippen molar-refractivity contribution in [3.63, 3.8) is 0 Å². The van der Waals surface area contributed by atoms with E-state index >= 15 is 0 Å². The molecule has 0 radical (unpaired) electrons. The standard InChI is InChI=1S/C18H19F2N3O3S/c1-2-26-18(25)15-16(24)10-5-11(20)13(22-4-3-9(21)8-22)6-12(10)23-14(7-19)27-17(15)23/h5-6,9,14H,2-4,7-8,21H2,1H3/t9-,14-/m1/s1.